The average Bonchev–Trinajstić information content (AvgIpc) is 2.56. The second kappa shape index (κ2) is 7.73. The van der Waals surface area contributed by atoms with E-state index in [-0.39, 0.29) is 30.9 Å². The number of alkyl halides is 1. The molecule has 1 aromatic rings. The van der Waals surface area contributed by atoms with E-state index in [1.165, 1.54) is 0 Å². The first-order valence-electron chi connectivity index (χ1n) is 7.24. The van der Waals surface area contributed by atoms with Gasteiger partial charge in [-0.2, -0.15) is 0 Å². The van der Waals surface area contributed by atoms with Crippen molar-refractivity contribution in [1.29, 1.82) is 0 Å². The highest BCUT2D eigenvalue weighted by atomic mass is 19.1. The van der Waals surface area contributed by atoms with Crippen molar-refractivity contribution < 1.29 is 28.7 Å². The predicted molar refractivity (Wildman–Crippen MR) is 79.2 cm³/mol. The van der Waals surface area contributed by atoms with Crippen LogP contribution in [-0.2, 0) is 14.4 Å². The van der Waals surface area contributed by atoms with Crippen molar-refractivity contribution in [3.63, 3.8) is 0 Å². The van der Waals surface area contributed by atoms with Crippen LogP contribution in [0.5, 0.6) is 0 Å². The van der Waals surface area contributed by atoms with Crippen molar-refractivity contribution in [2.45, 2.75) is 19.4 Å². The van der Waals surface area contributed by atoms with Gasteiger partial charge in [0, 0.05) is 6.42 Å². The van der Waals surface area contributed by atoms with Gasteiger partial charge in [0.05, 0.1) is 30.3 Å². The quantitative estimate of drug-likeness (QED) is 0.837. The van der Waals surface area contributed by atoms with Gasteiger partial charge in [0.1, 0.15) is 12.4 Å². The number of ether oxygens (including phenoxy) is 1. The van der Waals surface area contributed by atoms with E-state index in [2.05, 4.69) is 0 Å². The second-order valence-corrected chi connectivity index (χ2v) is 4.98. The lowest BCUT2D eigenvalue weighted by molar-refractivity contribution is -0.153. The molecule has 0 saturated heterocycles. The van der Waals surface area contributed by atoms with Crippen LogP contribution in [0, 0.1) is 0 Å². The van der Waals surface area contributed by atoms with Crippen molar-refractivity contribution in [3.05, 3.63) is 47.2 Å². The summed E-state index contributed by atoms with van der Waals surface area (Å²) in [6.07, 6.45) is -0.132. The minimum Gasteiger partial charge on any atom is -0.512 e. The second-order valence-electron chi connectivity index (χ2n) is 4.98. The molecule has 6 nitrogen and oxygen atoms in total. The van der Waals surface area contributed by atoms with Gasteiger partial charge < -0.3 is 14.7 Å². The van der Waals surface area contributed by atoms with Gasteiger partial charge in [-0.15, -0.1) is 5.06 Å². The van der Waals surface area contributed by atoms with Crippen LogP contribution in [0.4, 0.5) is 4.39 Å². The zero-order valence-electron chi connectivity index (χ0n) is 12.7. The highest BCUT2D eigenvalue weighted by Crippen LogP contribution is 2.24. The topological polar surface area (TPSA) is 76.1 Å². The molecule has 0 amide bonds. The Morgan fingerprint density at radius 1 is 1.30 bits per heavy atom. The maximum Gasteiger partial charge on any atom is 0.357 e. The summed E-state index contributed by atoms with van der Waals surface area (Å²) in [7, 11) is 0. The molecule has 0 saturated carbocycles. The molecule has 1 N–H and O–H groups in total. The van der Waals surface area contributed by atoms with Crippen molar-refractivity contribution >= 4 is 11.9 Å². The van der Waals surface area contributed by atoms with Gasteiger partial charge >= 0.3 is 11.9 Å². The van der Waals surface area contributed by atoms with Crippen LogP contribution in [0.15, 0.2) is 41.7 Å². The molecule has 0 aromatic heterocycles. The molecule has 1 heterocycles. The third-order valence-corrected chi connectivity index (χ3v) is 3.41. The van der Waals surface area contributed by atoms with Gasteiger partial charge in [-0.3, -0.25) is 0 Å². The minimum atomic E-state index is -0.846. The summed E-state index contributed by atoms with van der Waals surface area (Å²) in [5.41, 5.74) is 0.277. The van der Waals surface area contributed by atoms with Crippen LogP contribution in [0.2, 0.25) is 0 Å². The van der Waals surface area contributed by atoms with Gasteiger partial charge in [0.2, 0.25) is 0 Å². The number of carbonyl (C=O) groups excluding carboxylic acids is 2. The zero-order chi connectivity index (χ0) is 16.8. The van der Waals surface area contributed by atoms with E-state index in [9.17, 15) is 19.1 Å². The largest absolute Gasteiger partial charge is 0.512 e. The van der Waals surface area contributed by atoms with Gasteiger partial charge in [-0.05, 0) is 19.1 Å². The molecular weight excluding hydrogens is 305 g/mol. The van der Waals surface area contributed by atoms with Crippen molar-refractivity contribution in [2.75, 3.05) is 19.8 Å². The molecule has 0 fully saturated rings. The van der Waals surface area contributed by atoms with Crippen molar-refractivity contribution in [2.24, 2.45) is 0 Å². The number of hydroxylamine groups is 2. The van der Waals surface area contributed by atoms with E-state index in [1.54, 1.807) is 37.3 Å². The van der Waals surface area contributed by atoms with Gasteiger partial charge in [-0.25, -0.2) is 14.0 Å². The van der Waals surface area contributed by atoms with E-state index in [4.69, 9.17) is 9.57 Å². The SMILES string of the molecule is CCOC(=O)C1=C(O)CC(CF)N(OC(=O)c2ccccc2)C1. The number of aliphatic hydroxyl groups is 1. The molecule has 1 unspecified atom stereocenters. The Morgan fingerprint density at radius 2 is 2.00 bits per heavy atom. The Morgan fingerprint density at radius 3 is 2.61 bits per heavy atom. The summed E-state index contributed by atoms with van der Waals surface area (Å²) >= 11 is 0. The van der Waals surface area contributed by atoms with Crippen LogP contribution >= 0.6 is 0 Å². The smallest absolute Gasteiger partial charge is 0.357 e. The van der Waals surface area contributed by atoms with Crippen LogP contribution < -0.4 is 0 Å². The van der Waals surface area contributed by atoms with Gasteiger partial charge in [-0.1, -0.05) is 18.2 Å². The molecule has 23 heavy (non-hydrogen) atoms. The Kier molecular flexibility index (Phi) is 5.70. The summed E-state index contributed by atoms with van der Waals surface area (Å²) in [6.45, 7) is 0.724. The fourth-order valence-corrected chi connectivity index (χ4v) is 2.20. The lowest BCUT2D eigenvalue weighted by atomic mass is 10.0. The Bertz CT molecular complexity index is 602. The van der Waals surface area contributed by atoms with Gasteiger partial charge in [0.25, 0.3) is 0 Å². The Labute approximate surface area is 133 Å². The molecule has 1 aromatic carbocycles. The first kappa shape index (κ1) is 17.0. The third kappa shape index (κ3) is 4.07. The number of hydrogen-bond donors (Lipinski definition) is 1. The maximum absolute atomic E-state index is 13.1. The molecule has 1 aliphatic rings. The molecule has 2 rings (SSSR count). The highest BCUT2D eigenvalue weighted by molar-refractivity contribution is 5.90. The van der Waals surface area contributed by atoms with Crippen molar-refractivity contribution in [3.8, 4) is 0 Å². The fourth-order valence-electron chi connectivity index (χ4n) is 2.20. The number of hydrogen-bond acceptors (Lipinski definition) is 6. The van der Waals surface area contributed by atoms with Crippen LogP contribution in [0.1, 0.15) is 23.7 Å². The van der Waals surface area contributed by atoms with Gasteiger partial charge in [0.15, 0.2) is 0 Å². The number of aliphatic hydroxyl groups excluding tert-OH is 1. The third-order valence-electron chi connectivity index (χ3n) is 3.41. The van der Waals surface area contributed by atoms with E-state index in [0.717, 1.165) is 5.06 Å². The number of rotatable bonds is 5. The van der Waals surface area contributed by atoms with E-state index >= 15 is 0 Å². The molecule has 124 valence electrons. The Hall–Kier alpha value is -2.41. The van der Waals surface area contributed by atoms with E-state index in [1.807, 2.05) is 0 Å². The normalized spacial score (nSPS) is 18.6. The number of esters is 1. The number of halogens is 1. The van der Waals surface area contributed by atoms with Crippen LogP contribution in [0.3, 0.4) is 0 Å². The number of carbonyl (C=O) groups is 2. The van der Waals surface area contributed by atoms with E-state index in [0.29, 0.717) is 5.56 Å². The fraction of sp³-hybridized carbons (Fsp3) is 0.375. The summed E-state index contributed by atoms with van der Waals surface area (Å²) in [5, 5.41) is 11.0. The number of benzene rings is 1. The lowest BCUT2D eigenvalue weighted by Crippen LogP contribution is -2.44. The standard InChI is InChI=1S/C16H18FNO5/c1-2-22-16(21)13-10-18(12(9-17)8-14(13)19)23-15(20)11-6-4-3-5-7-11/h3-7,12,19H,2,8-10H2,1H3. The van der Waals surface area contributed by atoms with Crippen LogP contribution in [-0.4, -0.2) is 48.0 Å². The molecule has 0 aliphatic carbocycles. The monoisotopic (exact) mass is 323 g/mol. The molecule has 1 atom stereocenters. The maximum atomic E-state index is 13.1. The molecule has 0 spiro atoms. The minimum absolute atomic E-state index is 0.0302. The molecular formula is C16H18FNO5. The lowest BCUT2D eigenvalue weighted by Gasteiger charge is -2.32. The first-order chi connectivity index (χ1) is 11.1. The summed E-state index contributed by atoms with van der Waals surface area (Å²) < 4.78 is 18.0. The van der Waals surface area contributed by atoms with Crippen molar-refractivity contribution in [1.82, 2.24) is 5.06 Å². The summed E-state index contributed by atoms with van der Waals surface area (Å²) in [4.78, 5) is 29.1. The molecule has 0 radical (unpaired) electrons. The summed E-state index contributed by atoms with van der Waals surface area (Å²) in [5.74, 6) is -1.60. The van der Waals surface area contributed by atoms with Crippen LogP contribution in [0.25, 0.3) is 0 Å². The highest BCUT2D eigenvalue weighted by Gasteiger charge is 2.34. The predicted octanol–water partition coefficient (Wildman–Crippen LogP) is 2.18. The number of nitrogens with zero attached hydrogens (tertiary/aromatic N) is 1. The molecule has 7 heteroatoms. The average molecular weight is 323 g/mol. The molecule has 1 aliphatic heterocycles. The van der Waals surface area contributed by atoms with E-state index < -0.39 is 24.7 Å². The summed E-state index contributed by atoms with van der Waals surface area (Å²) in [6, 6.07) is 7.39. The Balaban J connectivity index is 2.14. The zero-order valence-corrected chi connectivity index (χ0v) is 12.7. The molecule has 0 bridgehead atoms. The first-order valence-corrected chi connectivity index (χ1v) is 7.24.